The van der Waals surface area contributed by atoms with Gasteiger partial charge in [0.2, 0.25) is 0 Å². The van der Waals surface area contributed by atoms with Gasteiger partial charge in [-0.3, -0.25) is 14.4 Å². The van der Waals surface area contributed by atoms with E-state index in [9.17, 15) is 14.4 Å². The van der Waals surface area contributed by atoms with Crippen molar-refractivity contribution in [1.29, 1.82) is 0 Å². The van der Waals surface area contributed by atoms with Gasteiger partial charge in [0.1, 0.15) is 13.2 Å². The molecule has 0 saturated carbocycles. The first-order chi connectivity index (χ1) is 34.0. The van der Waals surface area contributed by atoms with Gasteiger partial charge in [0.15, 0.2) is 6.10 Å². The van der Waals surface area contributed by atoms with E-state index in [0.29, 0.717) is 19.3 Å². The number of allylic oxidation sites excluding steroid dienone is 6. The van der Waals surface area contributed by atoms with Crippen molar-refractivity contribution < 1.29 is 28.6 Å². The van der Waals surface area contributed by atoms with Crippen LogP contribution in [0.5, 0.6) is 0 Å². The molecule has 0 heterocycles. The van der Waals surface area contributed by atoms with Gasteiger partial charge in [0, 0.05) is 19.3 Å². The summed E-state index contributed by atoms with van der Waals surface area (Å²) in [6.45, 7) is 6.64. The largest absolute Gasteiger partial charge is 0.462 e. The molecule has 69 heavy (non-hydrogen) atoms. The minimum atomic E-state index is -0.770. The molecular formula is C63H116O6. The Hall–Kier alpha value is -2.37. The molecule has 0 N–H and O–H groups in total. The fraction of sp³-hybridized carbons (Fsp3) is 0.857. The topological polar surface area (TPSA) is 78.9 Å². The summed E-state index contributed by atoms with van der Waals surface area (Å²) >= 11 is 0. The van der Waals surface area contributed by atoms with Gasteiger partial charge in [-0.05, 0) is 77.0 Å². The number of esters is 3. The fourth-order valence-electron chi connectivity index (χ4n) is 9.00. The summed E-state index contributed by atoms with van der Waals surface area (Å²) in [5.74, 6) is -0.860. The molecule has 0 spiro atoms. The lowest BCUT2D eigenvalue weighted by atomic mass is 10.0. The molecule has 0 aromatic carbocycles. The molecule has 1 atom stereocenters. The molecule has 0 rings (SSSR count). The van der Waals surface area contributed by atoms with Crippen molar-refractivity contribution in [3.05, 3.63) is 36.5 Å². The molecule has 404 valence electrons. The van der Waals surface area contributed by atoms with Crippen molar-refractivity contribution in [3.8, 4) is 0 Å². The third-order valence-corrected chi connectivity index (χ3v) is 13.6. The maximum atomic E-state index is 12.8. The van der Waals surface area contributed by atoms with E-state index >= 15 is 0 Å². The lowest BCUT2D eigenvalue weighted by Crippen LogP contribution is -2.30. The van der Waals surface area contributed by atoms with E-state index < -0.39 is 6.10 Å². The second-order valence-corrected chi connectivity index (χ2v) is 20.6. The molecule has 0 saturated heterocycles. The van der Waals surface area contributed by atoms with Crippen molar-refractivity contribution in [1.82, 2.24) is 0 Å². The third-order valence-electron chi connectivity index (χ3n) is 13.6. The van der Waals surface area contributed by atoms with Gasteiger partial charge < -0.3 is 14.2 Å². The maximum Gasteiger partial charge on any atom is 0.306 e. The molecule has 6 heteroatoms. The quantitative estimate of drug-likeness (QED) is 0.0261. The number of ether oxygens (including phenoxy) is 3. The third kappa shape index (κ3) is 56.4. The van der Waals surface area contributed by atoms with E-state index in [2.05, 4.69) is 57.2 Å². The van der Waals surface area contributed by atoms with Crippen molar-refractivity contribution >= 4 is 17.9 Å². The predicted octanol–water partition coefficient (Wildman–Crippen LogP) is 20.4. The molecule has 0 bridgehead atoms. The van der Waals surface area contributed by atoms with Crippen LogP contribution in [0.1, 0.15) is 329 Å². The summed E-state index contributed by atoms with van der Waals surface area (Å²) in [7, 11) is 0. The molecule has 0 aliphatic carbocycles. The van der Waals surface area contributed by atoms with Gasteiger partial charge in [0.05, 0.1) is 0 Å². The standard InChI is InChI=1S/C63H116O6/c1-4-7-10-13-16-19-21-23-25-27-28-29-30-31-32-33-34-36-37-39-41-44-47-50-53-56-62(65)68-59-60(58-67-61(64)55-52-49-46-43-18-15-12-9-6-3)69-63(66)57-54-51-48-45-42-40-38-35-26-24-22-20-17-14-11-8-5-2/h21,23-24,26-28,60H,4-20,22,25,29-59H2,1-3H3/b23-21-,26-24-,28-27-. The number of hydrogen-bond acceptors (Lipinski definition) is 6. The molecule has 0 aliphatic heterocycles. The zero-order valence-electron chi connectivity index (χ0n) is 46.3. The second-order valence-electron chi connectivity index (χ2n) is 20.6. The normalized spacial score (nSPS) is 12.2. The first-order valence-electron chi connectivity index (χ1n) is 30.5. The lowest BCUT2D eigenvalue weighted by Gasteiger charge is -2.18. The highest BCUT2D eigenvalue weighted by Gasteiger charge is 2.19. The first kappa shape index (κ1) is 66.6. The van der Waals surface area contributed by atoms with Crippen molar-refractivity contribution in [3.63, 3.8) is 0 Å². The highest BCUT2D eigenvalue weighted by Crippen LogP contribution is 2.17. The Morgan fingerprint density at radius 3 is 0.812 bits per heavy atom. The highest BCUT2D eigenvalue weighted by atomic mass is 16.6. The fourth-order valence-corrected chi connectivity index (χ4v) is 9.00. The number of rotatable bonds is 56. The number of hydrogen-bond donors (Lipinski definition) is 0. The van der Waals surface area contributed by atoms with Crippen LogP contribution in [0.25, 0.3) is 0 Å². The molecule has 0 aliphatic rings. The number of carbonyl (C=O) groups excluding carboxylic acids is 3. The van der Waals surface area contributed by atoms with E-state index in [1.165, 1.54) is 225 Å². The minimum Gasteiger partial charge on any atom is -0.462 e. The van der Waals surface area contributed by atoms with Gasteiger partial charge in [-0.2, -0.15) is 0 Å². The number of carbonyl (C=O) groups is 3. The van der Waals surface area contributed by atoms with Crippen LogP contribution in [0, 0.1) is 0 Å². The zero-order valence-corrected chi connectivity index (χ0v) is 46.3. The average Bonchev–Trinajstić information content (AvgIpc) is 3.35. The summed E-state index contributed by atoms with van der Waals surface area (Å²) in [6.07, 6.45) is 70.1. The van der Waals surface area contributed by atoms with Crippen LogP contribution < -0.4 is 0 Å². The van der Waals surface area contributed by atoms with Crippen LogP contribution >= 0.6 is 0 Å². The molecule has 0 aromatic rings. The summed E-state index contributed by atoms with van der Waals surface area (Å²) in [6, 6.07) is 0. The van der Waals surface area contributed by atoms with E-state index in [1.807, 2.05) is 0 Å². The van der Waals surface area contributed by atoms with Gasteiger partial charge in [-0.15, -0.1) is 0 Å². The summed E-state index contributed by atoms with van der Waals surface area (Å²) in [4.78, 5) is 38.1. The van der Waals surface area contributed by atoms with Crippen molar-refractivity contribution in [2.24, 2.45) is 0 Å². The predicted molar refractivity (Wildman–Crippen MR) is 298 cm³/mol. The molecular weight excluding hydrogens is 853 g/mol. The molecule has 6 nitrogen and oxygen atoms in total. The summed E-state index contributed by atoms with van der Waals surface area (Å²) < 4.78 is 16.9. The van der Waals surface area contributed by atoms with Gasteiger partial charge in [0.25, 0.3) is 0 Å². The SMILES string of the molecule is CCCCCCC/C=C\C/C=C\CCCCCCCCCCCCCCCC(=O)OCC(COC(=O)CCCCCCCCCCC)OC(=O)CCCCCCCCC/C=C\CCCCCCCC. The van der Waals surface area contributed by atoms with Crippen LogP contribution in [-0.4, -0.2) is 37.2 Å². The zero-order chi connectivity index (χ0) is 50.0. The average molecular weight is 970 g/mol. The highest BCUT2D eigenvalue weighted by molar-refractivity contribution is 5.71. The minimum absolute atomic E-state index is 0.0703. The molecule has 0 amide bonds. The van der Waals surface area contributed by atoms with Crippen LogP contribution in [0.3, 0.4) is 0 Å². The Bertz CT molecular complexity index is 1160. The Labute approximate surface area is 429 Å². The monoisotopic (exact) mass is 969 g/mol. The van der Waals surface area contributed by atoms with Crippen LogP contribution in [0.2, 0.25) is 0 Å². The lowest BCUT2D eigenvalue weighted by molar-refractivity contribution is -0.167. The maximum absolute atomic E-state index is 12.8. The molecule has 1 unspecified atom stereocenters. The van der Waals surface area contributed by atoms with Crippen LogP contribution in [-0.2, 0) is 28.6 Å². The van der Waals surface area contributed by atoms with E-state index in [-0.39, 0.29) is 31.1 Å². The smallest absolute Gasteiger partial charge is 0.306 e. The summed E-state index contributed by atoms with van der Waals surface area (Å²) in [5.41, 5.74) is 0. The van der Waals surface area contributed by atoms with Gasteiger partial charge >= 0.3 is 17.9 Å². The van der Waals surface area contributed by atoms with Gasteiger partial charge in [-0.1, -0.05) is 269 Å². The Kier molecular flexibility index (Phi) is 56.2. The first-order valence-corrected chi connectivity index (χ1v) is 30.5. The van der Waals surface area contributed by atoms with Crippen molar-refractivity contribution in [2.45, 2.75) is 335 Å². The van der Waals surface area contributed by atoms with E-state index in [0.717, 1.165) is 64.2 Å². The Balaban J connectivity index is 4.18. The second kappa shape index (κ2) is 58.2. The van der Waals surface area contributed by atoms with Gasteiger partial charge in [-0.25, -0.2) is 0 Å². The van der Waals surface area contributed by atoms with E-state index in [4.69, 9.17) is 14.2 Å². The number of unbranched alkanes of at least 4 members (excludes halogenated alkanes) is 39. The molecule has 0 radical (unpaired) electrons. The van der Waals surface area contributed by atoms with E-state index in [1.54, 1.807) is 0 Å². The van der Waals surface area contributed by atoms with Crippen LogP contribution in [0.4, 0.5) is 0 Å². The Morgan fingerprint density at radius 2 is 0.522 bits per heavy atom. The molecule has 0 fully saturated rings. The summed E-state index contributed by atoms with van der Waals surface area (Å²) in [5, 5.41) is 0. The van der Waals surface area contributed by atoms with Crippen molar-refractivity contribution in [2.75, 3.05) is 13.2 Å². The molecule has 0 aromatic heterocycles. The van der Waals surface area contributed by atoms with Crippen LogP contribution in [0.15, 0.2) is 36.5 Å². The Morgan fingerprint density at radius 1 is 0.290 bits per heavy atom.